The van der Waals surface area contributed by atoms with Crippen molar-refractivity contribution in [3.05, 3.63) is 24.3 Å². The van der Waals surface area contributed by atoms with Gasteiger partial charge < -0.3 is 39.8 Å². The van der Waals surface area contributed by atoms with Crippen molar-refractivity contribution in [2.45, 2.75) is 206 Å². The minimum absolute atomic E-state index is 0. The Labute approximate surface area is 335 Å². The van der Waals surface area contributed by atoms with E-state index < -0.39 is 44.1 Å². The van der Waals surface area contributed by atoms with Crippen molar-refractivity contribution in [3.8, 4) is 0 Å². The Bertz CT molecular complexity index is 883. The molecule has 0 heterocycles. The van der Waals surface area contributed by atoms with E-state index in [1.807, 2.05) is 0 Å². The number of aliphatic hydroxyl groups is 2. The number of hydrogen-bond donors (Lipinski definition) is 4. The highest BCUT2D eigenvalue weighted by molar-refractivity contribution is 8.07. The summed E-state index contributed by atoms with van der Waals surface area (Å²) in [5.74, 6) is -0.896. The Morgan fingerprint density at radius 1 is 0.519 bits per heavy atom. The van der Waals surface area contributed by atoms with Crippen LogP contribution < -0.4 is 6.15 Å². The van der Waals surface area contributed by atoms with Crippen molar-refractivity contribution < 1.29 is 43.2 Å². The maximum Gasteiger partial charge on any atom is 0.324 e. The Kier molecular flexibility index (Phi) is 42.2. The predicted octanol–water partition coefficient (Wildman–Crippen LogP) is 11.3. The number of esters is 2. The number of allylic oxidation sites excluding steroid dienone is 4. The lowest BCUT2D eigenvalue weighted by Crippen LogP contribution is -2.28. The first-order chi connectivity index (χ1) is 25.8. The number of unbranched alkanes of at least 4 members (excludes halogenated alkanes) is 22. The average molecular weight is 808 g/mol. The van der Waals surface area contributed by atoms with E-state index in [-0.39, 0.29) is 32.2 Å². The highest BCUT2D eigenvalue weighted by Crippen LogP contribution is 2.44. The summed E-state index contributed by atoms with van der Waals surface area (Å²) in [6.45, 7) is -1.01. The molecule has 0 bridgehead atoms. The van der Waals surface area contributed by atoms with Gasteiger partial charge in [-0.2, -0.15) is 0 Å². The van der Waals surface area contributed by atoms with E-state index in [1.165, 1.54) is 89.9 Å². The third-order valence-electron chi connectivity index (χ3n) is 9.14. The van der Waals surface area contributed by atoms with Crippen LogP contribution in [0.5, 0.6) is 0 Å². The maximum atomic E-state index is 12.3. The zero-order valence-electron chi connectivity index (χ0n) is 34.4. The van der Waals surface area contributed by atoms with E-state index in [0.29, 0.717) is 12.8 Å². The van der Waals surface area contributed by atoms with Crippen LogP contribution in [0.2, 0.25) is 0 Å². The highest BCUT2D eigenvalue weighted by Gasteiger charge is 2.24. The number of rotatable bonds is 40. The zero-order valence-corrected chi connectivity index (χ0v) is 36.2. The van der Waals surface area contributed by atoms with Crippen LogP contribution in [-0.4, -0.2) is 65.7 Å². The molecule has 0 rings (SSSR count). The molecule has 0 aromatic rings. The van der Waals surface area contributed by atoms with Crippen molar-refractivity contribution in [1.29, 1.82) is 0 Å². The first kappa shape index (κ1) is 54.9. The summed E-state index contributed by atoms with van der Waals surface area (Å²) in [5, 5.41) is 19.3. The summed E-state index contributed by atoms with van der Waals surface area (Å²) >= 11 is 5.02. The third-order valence-corrected chi connectivity index (χ3v) is 10.7. The fourth-order valence-corrected chi connectivity index (χ4v) is 6.96. The molecule has 320 valence electrons. The summed E-state index contributed by atoms with van der Waals surface area (Å²) in [5.41, 5.74) is 0. The second kappa shape index (κ2) is 41.5. The lowest BCUT2D eigenvalue weighted by atomic mass is 10.1. The van der Waals surface area contributed by atoms with Crippen LogP contribution >= 0.6 is 6.72 Å². The molecule has 0 amide bonds. The molecule has 0 saturated carbocycles. The Balaban J connectivity index is 0. The number of hydrogen-bond acceptors (Lipinski definition) is 10. The van der Waals surface area contributed by atoms with Crippen molar-refractivity contribution in [2.75, 3.05) is 26.4 Å². The fourth-order valence-electron chi connectivity index (χ4n) is 5.81. The lowest BCUT2D eigenvalue weighted by molar-refractivity contribution is -0.153. The molecule has 54 heavy (non-hydrogen) atoms. The predicted molar refractivity (Wildman–Crippen MR) is 226 cm³/mol. The fraction of sp³-hybridized carbons (Fsp3) is 0.857. The van der Waals surface area contributed by atoms with Gasteiger partial charge in [0.15, 0.2) is 0 Å². The van der Waals surface area contributed by atoms with Gasteiger partial charge in [-0.05, 0) is 76.0 Å². The number of aliphatic hydroxyl groups excluding tert-OH is 2. The summed E-state index contributed by atoms with van der Waals surface area (Å²) in [4.78, 5) is 34.9. The van der Waals surface area contributed by atoms with Crippen LogP contribution in [0.1, 0.15) is 194 Å². The summed E-state index contributed by atoms with van der Waals surface area (Å²) in [6.07, 6.45) is 38.0. The SMILES string of the molecule is CCCCCCCC/C=C\CCCCCCCC(=O)O[C@@H](CO)COP(O)(=S)OC[C@H](CO)OC(=O)CCCCCCC/C=C\CCCCCCCC.N. The number of carbonyl (C=O) groups excluding carboxylic acids is 2. The van der Waals surface area contributed by atoms with Gasteiger partial charge in [-0.15, -0.1) is 0 Å². The molecule has 2 atom stereocenters. The summed E-state index contributed by atoms with van der Waals surface area (Å²) in [7, 11) is 0. The van der Waals surface area contributed by atoms with Gasteiger partial charge in [0.05, 0.1) is 26.4 Å². The molecule has 0 spiro atoms. The molecule has 0 aromatic heterocycles. The van der Waals surface area contributed by atoms with Gasteiger partial charge in [-0.1, -0.05) is 141 Å². The molecule has 6 N–H and O–H groups in total. The van der Waals surface area contributed by atoms with Gasteiger partial charge >= 0.3 is 18.7 Å². The van der Waals surface area contributed by atoms with Crippen LogP contribution in [0.4, 0.5) is 0 Å². The Morgan fingerprint density at radius 2 is 0.796 bits per heavy atom. The Hall–Kier alpha value is -1.17. The second-order valence-corrected chi connectivity index (χ2v) is 17.2. The van der Waals surface area contributed by atoms with Gasteiger partial charge in [0.1, 0.15) is 12.2 Å². The topological polar surface area (TPSA) is 167 Å². The molecule has 0 saturated heterocycles. The summed E-state index contributed by atoms with van der Waals surface area (Å²) < 4.78 is 21.1. The van der Waals surface area contributed by atoms with E-state index in [0.717, 1.165) is 64.2 Å². The van der Waals surface area contributed by atoms with Gasteiger partial charge in [0.2, 0.25) is 0 Å². The largest absolute Gasteiger partial charge is 0.457 e. The third kappa shape index (κ3) is 39.1. The molecule has 10 nitrogen and oxygen atoms in total. The second-order valence-electron chi connectivity index (χ2n) is 14.3. The standard InChI is InChI=1S/C42H79O9PS.H3N/c1-3-5-7-9-11-13-15-17-19-21-23-25-27-29-31-33-41(45)50-39(35-43)37-48-52(47,53)49-38-40(36-44)51-42(46)34-32-30-28-26-24-22-20-18-16-14-12-10-8-6-4-2;/h17-20,39-40,43-44H,3-16,21-38H2,1-2H3,(H,47,53);1H3/b19-17-,20-18-;/t39-,40-;/m0./s1. The minimum atomic E-state index is -3.80. The summed E-state index contributed by atoms with van der Waals surface area (Å²) in [6, 6.07) is 0. The molecule has 0 aromatic carbocycles. The van der Waals surface area contributed by atoms with Crippen LogP contribution in [0.25, 0.3) is 0 Å². The normalized spacial score (nSPS) is 13.0. The average Bonchev–Trinajstić information content (AvgIpc) is 3.14. The van der Waals surface area contributed by atoms with E-state index in [4.69, 9.17) is 30.3 Å². The highest BCUT2D eigenvalue weighted by atomic mass is 32.5. The molecular formula is C42H82NO9PS. The van der Waals surface area contributed by atoms with Crippen molar-refractivity contribution in [1.82, 2.24) is 6.15 Å². The van der Waals surface area contributed by atoms with Crippen LogP contribution in [0.3, 0.4) is 0 Å². The monoisotopic (exact) mass is 808 g/mol. The molecule has 0 aliphatic rings. The van der Waals surface area contributed by atoms with E-state index in [1.54, 1.807) is 0 Å². The molecule has 0 fully saturated rings. The van der Waals surface area contributed by atoms with Crippen molar-refractivity contribution in [2.24, 2.45) is 0 Å². The van der Waals surface area contributed by atoms with Crippen molar-refractivity contribution in [3.63, 3.8) is 0 Å². The van der Waals surface area contributed by atoms with Gasteiger partial charge in [0, 0.05) is 12.8 Å². The molecular weight excluding hydrogens is 726 g/mol. The zero-order chi connectivity index (χ0) is 39.1. The maximum absolute atomic E-state index is 12.3. The van der Waals surface area contributed by atoms with Crippen LogP contribution in [0.15, 0.2) is 24.3 Å². The van der Waals surface area contributed by atoms with Gasteiger partial charge in [-0.3, -0.25) is 9.59 Å². The quantitative estimate of drug-likeness (QED) is 0.0201. The number of carbonyl (C=O) groups is 2. The molecule has 0 unspecified atom stereocenters. The van der Waals surface area contributed by atoms with Gasteiger partial charge in [0.25, 0.3) is 0 Å². The smallest absolute Gasteiger partial charge is 0.324 e. The van der Waals surface area contributed by atoms with E-state index in [9.17, 15) is 24.7 Å². The van der Waals surface area contributed by atoms with Crippen LogP contribution in [0, 0.1) is 0 Å². The van der Waals surface area contributed by atoms with Gasteiger partial charge in [-0.25, -0.2) is 0 Å². The number of ether oxygens (including phenoxy) is 2. The van der Waals surface area contributed by atoms with Crippen LogP contribution in [-0.2, 0) is 39.9 Å². The van der Waals surface area contributed by atoms with Crippen molar-refractivity contribution >= 4 is 30.5 Å². The molecule has 12 heteroatoms. The lowest BCUT2D eigenvalue weighted by Gasteiger charge is -2.22. The van der Waals surface area contributed by atoms with E-state index in [2.05, 4.69) is 38.2 Å². The molecule has 0 radical (unpaired) electrons. The first-order valence-electron chi connectivity index (χ1n) is 21.3. The minimum Gasteiger partial charge on any atom is -0.457 e. The van der Waals surface area contributed by atoms with E-state index >= 15 is 0 Å². The molecule has 0 aliphatic heterocycles. The Morgan fingerprint density at radius 3 is 1.09 bits per heavy atom. The first-order valence-corrected chi connectivity index (χ1v) is 23.9. The molecule has 0 aliphatic carbocycles.